The highest BCUT2D eigenvalue weighted by Gasteiger charge is 2.34. The van der Waals surface area contributed by atoms with Crippen LogP contribution in [-0.2, 0) is 5.60 Å². The molecule has 1 fully saturated rings. The molecule has 1 heterocycles. The highest BCUT2D eigenvalue weighted by Crippen LogP contribution is 2.34. The van der Waals surface area contributed by atoms with Gasteiger partial charge in [0.15, 0.2) is 0 Å². The molecular weight excluding hydrogens is 234 g/mol. The lowest BCUT2D eigenvalue weighted by Crippen LogP contribution is -2.45. The number of piperidine rings is 1. The van der Waals surface area contributed by atoms with Gasteiger partial charge >= 0.3 is 0 Å². The molecule has 1 aliphatic rings. The molecule has 1 aromatic rings. The van der Waals surface area contributed by atoms with Gasteiger partial charge in [0.1, 0.15) is 0 Å². The van der Waals surface area contributed by atoms with Crippen molar-refractivity contribution in [2.24, 2.45) is 0 Å². The van der Waals surface area contributed by atoms with Crippen molar-refractivity contribution in [1.29, 1.82) is 0 Å². The van der Waals surface area contributed by atoms with Gasteiger partial charge in [-0.25, -0.2) is 0 Å². The number of likely N-dealkylation sites (tertiary alicyclic amines) is 1. The van der Waals surface area contributed by atoms with Crippen molar-refractivity contribution in [2.75, 3.05) is 13.1 Å². The van der Waals surface area contributed by atoms with Gasteiger partial charge in [0.2, 0.25) is 0 Å². The van der Waals surface area contributed by atoms with E-state index in [4.69, 9.17) is 0 Å². The number of benzene rings is 1. The van der Waals surface area contributed by atoms with Crippen LogP contribution in [0.2, 0.25) is 0 Å². The molecule has 0 aromatic heterocycles. The first kappa shape index (κ1) is 14.5. The summed E-state index contributed by atoms with van der Waals surface area (Å²) in [5.74, 6) is 0.513. The Morgan fingerprint density at radius 1 is 1.11 bits per heavy atom. The van der Waals surface area contributed by atoms with Crippen molar-refractivity contribution in [1.82, 2.24) is 4.90 Å². The summed E-state index contributed by atoms with van der Waals surface area (Å²) in [6.07, 6.45) is 1.68. The fourth-order valence-electron chi connectivity index (χ4n) is 2.89. The van der Waals surface area contributed by atoms with E-state index in [9.17, 15) is 5.11 Å². The fourth-order valence-corrected chi connectivity index (χ4v) is 2.89. The Morgan fingerprint density at radius 2 is 1.74 bits per heavy atom. The predicted molar refractivity (Wildman–Crippen MR) is 80.4 cm³/mol. The maximum Gasteiger partial charge on any atom is 0.0921 e. The first-order chi connectivity index (χ1) is 8.92. The Morgan fingerprint density at radius 3 is 2.26 bits per heavy atom. The zero-order chi connectivity index (χ0) is 14.0. The number of nitrogens with zero attached hydrogens (tertiary/aromatic N) is 1. The lowest BCUT2D eigenvalue weighted by atomic mass is 9.82. The molecule has 19 heavy (non-hydrogen) atoms. The van der Waals surface area contributed by atoms with Crippen molar-refractivity contribution >= 4 is 0 Å². The van der Waals surface area contributed by atoms with E-state index in [-0.39, 0.29) is 0 Å². The second-order valence-electron chi connectivity index (χ2n) is 6.44. The van der Waals surface area contributed by atoms with Gasteiger partial charge < -0.3 is 10.0 Å². The topological polar surface area (TPSA) is 23.5 Å². The largest absolute Gasteiger partial charge is 0.385 e. The SMILES string of the molecule is CC(C)c1cccc(C2(O)CCN(C(C)C)CC2)c1. The van der Waals surface area contributed by atoms with Crippen LogP contribution in [0.25, 0.3) is 0 Å². The molecule has 0 bridgehead atoms. The maximum absolute atomic E-state index is 10.9. The highest BCUT2D eigenvalue weighted by atomic mass is 16.3. The normalized spacial score (nSPS) is 20.2. The number of rotatable bonds is 3. The minimum absolute atomic E-state index is 0.513. The van der Waals surface area contributed by atoms with Crippen molar-refractivity contribution in [3.8, 4) is 0 Å². The van der Waals surface area contributed by atoms with E-state index < -0.39 is 5.60 Å². The lowest BCUT2D eigenvalue weighted by molar-refractivity contribution is -0.0324. The molecule has 1 aliphatic heterocycles. The zero-order valence-corrected chi connectivity index (χ0v) is 12.7. The van der Waals surface area contributed by atoms with Crippen LogP contribution in [0, 0.1) is 0 Å². The standard InChI is InChI=1S/C17H27NO/c1-13(2)15-6-5-7-16(12-15)17(19)8-10-18(11-9-17)14(3)4/h5-7,12-14,19H,8-11H2,1-4H3. The number of aliphatic hydroxyl groups is 1. The van der Waals surface area contributed by atoms with Gasteiger partial charge in [-0.05, 0) is 43.7 Å². The third-order valence-electron chi connectivity index (χ3n) is 4.45. The molecule has 0 radical (unpaired) electrons. The van der Waals surface area contributed by atoms with Crippen molar-refractivity contribution in [2.45, 2.75) is 58.1 Å². The van der Waals surface area contributed by atoms with E-state index in [2.05, 4.69) is 56.9 Å². The molecular formula is C17H27NO. The van der Waals surface area contributed by atoms with Gasteiger partial charge in [-0.2, -0.15) is 0 Å². The Hall–Kier alpha value is -0.860. The van der Waals surface area contributed by atoms with Gasteiger partial charge in [-0.3, -0.25) is 0 Å². The average molecular weight is 261 g/mol. The zero-order valence-electron chi connectivity index (χ0n) is 12.7. The van der Waals surface area contributed by atoms with Crippen LogP contribution in [0.3, 0.4) is 0 Å². The maximum atomic E-state index is 10.9. The van der Waals surface area contributed by atoms with Crippen molar-refractivity contribution in [3.63, 3.8) is 0 Å². The first-order valence-electron chi connectivity index (χ1n) is 7.49. The summed E-state index contributed by atoms with van der Waals surface area (Å²) < 4.78 is 0. The third-order valence-corrected chi connectivity index (χ3v) is 4.45. The lowest BCUT2D eigenvalue weighted by Gasteiger charge is -2.40. The monoisotopic (exact) mass is 261 g/mol. The minimum Gasteiger partial charge on any atom is -0.385 e. The van der Waals surface area contributed by atoms with E-state index >= 15 is 0 Å². The Kier molecular flexibility index (Phi) is 4.32. The van der Waals surface area contributed by atoms with Crippen molar-refractivity contribution in [3.05, 3.63) is 35.4 Å². The summed E-state index contributed by atoms with van der Waals surface area (Å²) >= 11 is 0. The van der Waals surface area contributed by atoms with Gasteiger partial charge in [0.25, 0.3) is 0 Å². The smallest absolute Gasteiger partial charge is 0.0921 e. The van der Waals surface area contributed by atoms with Crippen LogP contribution in [0.1, 0.15) is 57.6 Å². The average Bonchev–Trinajstić information content (AvgIpc) is 2.39. The molecule has 106 valence electrons. The molecule has 0 atom stereocenters. The Labute approximate surface area is 117 Å². The first-order valence-corrected chi connectivity index (χ1v) is 7.49. The van der Waals surface area contributed by atoms with Gasteiger partial charge in [0.05, 0.1) is 5.60 Å². The van der Waals surface area contributed by atoms with Crippen LogP contribution in [-0.4, -0.2) is 29.1 Å². The molecule has 2 rings (SSSR count). The Bertz CT molecular complexity index is 417. The Balaban J connectivity index is 2.15. The summed E-state index contributed by atoms with van der Waals surface area (Å²) in [7, 11) is 0. The second-order valence-corrected chi connectivity index (χ2v) is 6.44. The molecule has 2 nitrogen and oxygen atoms in total. The molecule has 0 saturated carbocycles. The van der Waals surface area contributed by atoms with Crippen LogP contribution in [0.5, 0.6) is 0 Å². The molecule has 0 aliphatic carbocycles. The molecule has 2 heteroatoms. The number of hydrogen-bond donors (Lipinski definition) is 1. The highest BCUT2D eigenvalue weighted by molar-refractivity contribution is 5.30. The van der Waals surface area contributed by atoms with E-state index in [1.165, 1.54) is 5.56 Å². The number of hydrogen-bond acceptors (Lipinski definition) is 2. The van der Waals surface area contributed by atoms with E-state index in [0.29, 0.717) is 12.0 Å². The van der Waals surface area contributed by atoms with E-state index in [1.807, 2.05) is 0 Å². The summed E-state index contributed by atoms with van der Waals surface area (Å²) in [5.41, 5.74) is 1.79. The summed E-state index contributed by atoms with van der Waals surface area (Å²) in [4.78, 5) is 2.45. The van der Waals surface area contributed by atoms with Gasteiger partial charge in [-0.15, -0.1) is 0 Å². The summed E-state index contributed by atoms with van der Waals surface area (Å²) in [5, 5.41) is 10.9. The quantitative estimate of drug-likeness (QED) is 0.900. The molecule has 0 spiro atoms. The molecule has 0 amide bonds. The second kappa shape index (κ2) is 5.64. The molecule has 1 aromatic carbocycles. The van der Waals surface area contributed by atoms with Gasteiger partial charge in [0, 0.05) is 19.1 Å². The van der Waals surface area contributed by atoms with E-state index in [0.717, 1.165) is 31.5 Å². The van der Waals surface area contributed by atoms with E-state index in [1.54, 1.807) is 0 Å². The molecule has 1 N–H and O–H groups in total. The third kappa shape index (κ3) is 3.18. The van der Waals surface area contributed by atoms with Crippen molar-refractivity contribution < 1.29 is 5.11 Å². The fraction of sp³-hybridized carbons (Fsp3) is 0.647. The summed E-state index contributed by atoms with van der Waals surface area (Å²) in [6, 6.07) is 9.08. The van der Waals surface area contributed by atoms with Crippen LogP contribution < -0.4 is 0 Å². The van der Waals surface area contributed by atoms with Gasteiger partial charge in [-0.1, -0.05) is 38.1 Å². The summed E-state index contributed by atoms with van der Waals surface area (Å²) in [6.45, 7) is 10.8. The van der Waals surface area contributed by atoms with Crippen LogP contribution >= 0.6 is 0 Å². The minimum atomic E-state index is -0.629. The molecule has 0 unspecified atom stereocenters. The predicted octanol–water partition coefficient (Wildman–Crippen LogP) is 3.50. The molecule has 1 saturated heterocycles. The van der Waals surface area contributed by atoms with Crippen LogP contribution in [0.4, 0.5) is 0 Å². The van der Waals surface area contributed by atoms with Crippen LogP contribution in [0.15, 0.2) is 24.3 Å².